The first-order valence-electron chi connectivity index (χ1n) is 5.72. The van der Waals surface area contributed by atoms with E-state index in [9.17, 15) is 0 Å². The molecule has 1 aromatic carbocycles. The summed E-state index contributed by atoms with van der Waals surface area (Å²) in [4.78, 5) is 7.85. The normalized spacial score (nSPS) is 12.4. The number of benzene rings is 1. The lowest BCUT2D eigenvalue weighted by Crippen LogP contribution is -2.07. The number of nitrogens with zero attached hydrogens (tertiary/aromatic N) is 2. The number of ether oxygens (including phenoxy) is 2. The molecule has 2 aromatic rings. The van der Waals surface area contributed by atoms with E-state index in [0.717, 1.165) is 17.1 Å². The van der Waals surface area contributed by atoms with Crippen LogP contribution in [-0.2, 0) is 6.54 Å². The number of anilines is 3. The van der Waals surface area contributed by atoms with Gasteiger partial charge in [0.2, 0.25) is 6.79 Å². The molecule has 0 atom stereocenters. The molecule has 2 heterocycles. The third-order valence-electron chi connectivity index (χ3n) is 2.81. The third kappa shape index (κ3) is 2.17. The highest BCUT2D eigenvalue weighted by Gasteiger charge is 2.13. The van der Waals surface area contributed by atoms with Crippen LogP contribution in [0.15, 0.2) is 24.5 Å². The molecule has 98 valence electrons. The predicted molar refractivity (Wildman–Crippen MR) is 70.7 cm³/mol. The van der Waals surface area contributed by atoms with E-state index in [2.05, 4.69) is 15.3 Å². The smallest absolute Gasteiger partial charge is 0.231 e. The molecule has 1 aliphatic heterocycles. The fraction of sp³-hybridized carbons (Fsp3) is 0.167. The van der Waals surface area contributed by atoms with Crippen LogP contribution in [0.4, 0.5) is 17.3 Å². The van der Waals surface area contributed by atoms with Gasteiger partial charge in [0, 0.05) is 6.54 Å². The van der Waals surface area contributed by atoms with E-state index in [0.29, 0.717) is 18.1 Å². The molecule has 7 heteroatoms. The summed E-state index contributed by atoms with van der Waals surface area (Å²) in [6.45, 7) is 0.818. The predicted octanol–water partition coefficient (Wildman–Crippen LogP) is 0.982. The molecule has 0 unspecified atom stereocenters. The largest absolute Gasteiger partial charge is 0.454 e. The van der Waals surface area contributed by atoms with E-state index in [1.165, 1.54) is 6.33 Å². The van der Waals surface area contributed by atoms with Gasteiger partial charge in [-0.3, -0.25) is 0 Å². The Bertz CT molecular complexity index is 617. The van der Waals surface area contributed by atoms with E-state index in [-0.39, 0.29) is 12.6 Å². The van der Waals surface area contributed by atoms with Gasteiger partial charge < -0.3 is 26.3 Å². The maximum atomic E-state index is 5.78. The molecule has 0 fully saturated rings. The van der Waals surface area contributed by atoms with Gasteiger partial charge >= 0.3 is 0 Å². The number of rotatable bonds is 3. The van der Waals surface area contributed by atoms with Crippen LogP contribution in [0.3, 0.4) is 0 Å². The molecular weight excluding hydrogens is 246 g/mol. The Morgan fingerprint density at radius 3 is 2.89 bits per heavy atom. The van der Waals surface area contributed by atoms with Crippen molar-refractivity contribution in [3.05, 3.63) is 30.1 Å². The van der Waals surface area contributed by atoms with Gasteiger partial charge in [-0.2, -0.15) is 0 Å². The summed E-state index contributed by atoms with van der Waals surface area (Å²) in [6, 6.07) is 5.73. The summed E-state index contributed by atoms with van der Waals surface area (Å²) >= 11 is 0. The van der Waals surface area contributed by atoms with Crippen molar-refractivity contribution in [1.82, 2.24) is 9.97 Å². The van der Waals surface area contributed by atoms with E-state index in [1.807, 2.05) is 18.2 Å². The molecule has 0 aliphatic carbocycles. The van der Waals surface area contributed by atoms with Crippen LogP contribution in [0.1, 0.15) is 5.56 Å². The van der Waals surface area contributed by atoms with E-state index in [1.54, 1.807) is 0 Å². The first-order valence-corrected chi connectivity index (χ1v) is 5.72. The lowest BCUT2D eigenvalue weighted by molar-refractivity contribution is 0.174. The highest BCUT2D eigenvalue weighted by Crippen LogP contribution is 2.32. The van der Waals surface area contributed by atoms with Crippen LogP contribution in [-0.4, -0.2) is 16.8 Å². The maximum absolute atomic E-state index is 5.78. The molecule has 19 heavy (non-hydrogen) atoms. The number of nitrogen functional groups attached to an aromatic ring is 2. The average Bonchev–Trinajstić information content (AvgIpc) is 2.88. The first-order chi connectivity index (χ1) is 9.24. The Hall–Kier alpha value is -2.70. The minimum atomic E-state index is 0.265. The standard InChI is InChI=1S/C12H13N5O2/c13-10-11(14)16-5-17-12(10)15-4-7-1-2-8-9(3-7)19-6-18-8/h1-3,5H,4,6,13H2,(H3,14,15,16,17). The second kappa shape index (κ2) is 4.52. The van der Waals surface area contributed by atoms with Crippen LogP contribution in [0, 0.1) is 0 Å². The lowest BCUT2D eigenvalue weighted by atomic mass is 10.2. The zero-order valence-corrected chi connectivity index (χ0v) is 10.1. The van der Waals surface area contributed by atoms with Gasteiger partial charge in [0.05, 0.1) is 0 Å². The van der Waals surface area contributed by atoms with Gasteiger partial charge in [0.15, 0.2) is 23.1 Å². The monoisotopic (exact) mass is 259 g/mol. The van der Waals surface area contributed by atoms with E-state index < -0.39 is 0 Å². The minimum absolute atomic E-state index is 0.265. The Morgan fingerprint density at radius 2 is 2.00 bits per heavy atom. The van der Waals surface area contributed by atoms with E-state index >= 15 is 0 Å². The van der Waals surface area contributed by atoms with Crippen molar-refractivity contribution in [3.8, 4) is 11.5 Å². The number of nitrogens with one attached hydrogen (secondary N) is 1. The number of hydrogen-bond acceptors (Lipinski definition) is 7. The molecule has 0 bridgehead atoms. The maximum Gasteiger partial charge on any atom is 0.231 e. The van der Waals surface area contributed by atoms with Crippen LogP contribution in [0.25, 0.3) is 0 Å². The molecule has 1 aromatic heterocycles. The van der Waals surface area contributed by atoms with E-state index in [4.69, 9.17) is 20.9 Å². The number of fused-ring (bicyclic) bond motifs is 1. The fourth-order valence-corrected chi connectivity index (χ4v) is 1.79. The molecule has 1 aliphatic rings. The zero-order chi connectivity index (χ0) is 13.2. The number of hydrogen-bond donors (Lipinski definition) is 3. The molecule has 0 saturated heterocycles. The summed E-state index contributed by atoms with van der Waals surface area (Å²) in [6.07, 6.45) is 1.37. The van der Waals surface area contributed by atoms with Gasteiger partial charge in [-0.15, -0.1) is 0 Å². The second-order valence-electron chi connectivity index (χ2n) is 4.06. The van der Waals surface area contributed by atoms with Gasteiger partial charge in [-0.05, 0) is 17.7 Å². The molecule has 0 amide bonds. The topological polar surface area (TPSA) is 108 Å². The van der Waals surface area contributed by atoms with Gasteiger partial charge in [-0.1, -0.05) is 6.07 Å². The number of aromatic nitrogens is 2. The molecule has 0 spiro atoms. The highest BCUT2D eigenvalue weighted by atomic mass is 16.7. The summed E-state index contributed by atoms with van der Waals surface area (Å²) in [5, 5.41) is 3.11. The third-order valence-corrected chi connectivity index (χ3v) is 2.81. The van der Waals surface area contributed by atoms with Crippen molar-refractivity contribution < 1.29 is 9.47 Å². The summed E-state index contributed by atoms with van der Waals surface area (Å²) in [5.74, 6) is 2.29. The Kier molecular flexibility index (Phi) is 2.71. The zero-order valence-electron chi connectivity index (χ0n) is 10.1. The molecule has 0 saturated carbocycles. The number of nitrogens with two attached hydrogens (primary N) is 2. The summed E-state index contributed by atoms with van der Waals surface area (Å²) in [5.41, 5.74) is 12.8. The van der Waals surface area contributed by atoms with Crippen molar-refractivity contribution >= 4 is 17.3 Å². The van der Waals surface area contributed by atoms with Crippen LogP contribution >= 0.6 is 0 Å². The van der Waals surface area contributed by atoms with Crippen LogP contribution in [0.5, 0.6) is 11.5 Å². The summed E-state index contributed by atoms with van der Waals surface area (Å²) < 4.78 is 10.6. The molecule has 0 radical (unpaired) electrons. The van der Waals surface area contributed by atoms with Crippen LogP contribution < -0.4 is 26.3 Å². The molecule has 5 N–H and O–H groups in total. The van der Waals surface area contributed by atoms with Crippen molar-refractivity contribution in [2.24, 2.45) is 0 Å². The fourth-order valence-electron chi connectivity index (χ4n) is 1.79. The molecule has 7 nitrogen and oxygen atoms in total. The quantitative estimate of drug-likeness (QED) is 0.753. The Labute approximate surface area is 109 Å². The second-order valence-corrected chi connectivity index (χ2v) is 4.06. The molecule has 3 rings (SSSR count). The van der Waals surface area contributed by atoms with Gasteiger partial charge in [0.25, 0.3) is 0 Å². The van der Waals surface area contributed by atoms with Crippen molar-refractivity contribution in [2.45, 2.75) is 6.54 Å². The van der Waals surface area contributed by atoms with Crippen molar-refractivity contribution in [1.29, 1.82) is 0 Å². The van der Waals surface area contributed by atoms with Gasteiger partial charge in [0.1, 0.15) is 12.0 Å². The Balaban J connectivity index is 1.74. The SMILES string of the molecule is Nc1ncnc(NCc2ccc3c(c2)OCO3)c1N. The van der Waals surface area contributed by atoms with Crippen molar-refractivity contribution in [2.75, 3.05) is 23.6 Å². The van der Waals surface area contributed by atoms with Crippen molar-refractivity contribution in [3.63, 3.8) is 0 Å². The van der Waals surface area contributed by atoms with Gasteiger partial charge in [-0.25, -0.2) is 9.97 Å². The average molecular weight is 259 g/mol. The summed E-state index contributed by atoms with van der Waals surface area (Å²) in [7, 11) is 0. The van der Waals surface area contributed by atoms with Crippen LogP contribution in [0.2, 0.25) is 0 Å². The highest BCUT2D eigenvalue weighted by molar-refractivity contribution is 5.72. The Morgan fingerprint density at radius 1 is 1.16 bits per heavy atom. The molecular formula is C12H13N5O2. The minimum Gasteiger partial charge on any atom is -0.454 e. The first kappa shape index (κ1) is 11.4. The lowest BCUT2D eigenvalue weighted by Gasteiger charge is -2.09.